The summed E-state index contributed by atoms with van der Waals surface area (Å²) in [5.74, 6) is -0.154. The van der Waals surface area contributed by atoms with Crippen molar-refractivity contribution in [3.8, 4) is 0 Å². The lowest BCUT2D eigenvalue weighted by molar-refractivity contribution is -0.138. The van der Waals surface area contributed by atoms with Gasteiger partial charge in [0, 0.05) is 6.42 Å². The van der Waals surface area contributed by atoms with Crippen LogP contribution in [0.15, 0.2) is 0 Å². The topological polar surface area (TPSA) is 100 Å². The summed E-state index contributed by atoms with van der Waals surface area (Å²) in [6, 6.07) is 0. The van der Waals surface area contributed by atoms with Crippen LogP contribution in [0.2, 0.25) is 0 Å². The summed E-state index contributed by atoms with van der Waals surface area (Å²) in [5.41, 5.74) is 0. The molecule has 0 aliphatic heterocycles. The molecule has 1 aliphatic carbocycles. The van der Waals surface area contributed by atoms with Crippen molar-refractivity contribution in [2.45, 2.75) is 38.5 Å². The molecule has 4 heteroatoms. The average molecular weight is 178 g/mol. The van der Waals surface area contributed by atoms with Crippen LogP contribution in [0, 0.1) is 5.92 Å². The highest BCUT2D eigenvalue weighted by atomic mass is 16.4. The van der Waals surface area contributed by atoms with Gasteiger partial charge in [-0.15, -0.1) is 0 Å². The van der Waals surface area contributed by atoms with Gasteiger partial charge in [0.25, 0.3) is 0 Å². The average Bonchev–Trinajstić information content (AvgIpc) is 1.88. The van der Waals surface area contributed by atoms with Gasteiger partial charge in [0.1, 0.15) is 0 Å². The van der Waals surface area contributed by atoms with Crippen LogP contribution in [0.4, 0.5) is 0 Å². The minimum absolute atomic E-state index is 0. The Bertz CT molecular complexity index is 118. The number of carbonyl (C=O) groups is 1. The maximum Gasteiger partial charge on any atom is 0.303 e. The zero-order valence-corrected chi connectivity index (χ0v) is 7.18. The molecule has 0 aromatic rings. The highest BCUT2D eigenvalue weighted by Crippen LogP contribution is 2.25. The fraction of sp³-hybridized carbons (Fsp3) is 0.875. The number of rotatable bonds is 2. The second-order valence-electron chi connectivity index (χ2n) is 3.10. The Balaban J connectivity index is 0. The lowest BCUT2D eigenvalue weighted by Crippen LogP contribution is -2.10. The van der Waals surface area contributed by atoms with Gasteiger partial charge in [-0.3, -0.25) is 4.79 Å². The van der Waals surface area contributed by atoms with Gasteiger partial charge in [-0.25, -0.2) is 0 Å². The van der Waals surface area contributed by atoms with Gasteiger partial charge in [-0.1, -0.05) is 19.3 Å². The van der Waals surface area contributed by atoms with Crippen molar-refractivity contribution in [2.24, 2.45) is 5.92 Å². The SMILES string of the molecule is O.O.O=C(O)CC1CCCCC1. The Labute approximate surface area is 72.2 Å². The van der Waals surface area contributed by atoms with Crippen molar-refractivity contribution in [2.75, 3.05) is 0 Å². The Kier molecular flexibility index (Phi) is 8.21. The summed E-state index contributed by atoms with van der Waals surface area (Å²) in [7, 11) is 0. The van der Waals surface area contributed by atoms with E-state index in [1.807, 2.05) is 0 Å². The Morgan fingerprint density at radius 1 is 1.17 bits per heavy atom. The van der Waals surface area contributed by atoms with Crippen molar-refractivity contribution in [1.29, 1.82) is 0 Å². The van der Waals surface area contributed by atoms with E-state index in [9.17, 15) is 4.79 Å². The summed E-state index contributed by atoms with van der Waals surface area (Å²) in [4.78, 5) is 10.3. The molecule has 5 N–H and O–H groups in total. The normalized spacial score (nSPS) is 17.3. The predicted molar refractivity (Wildman–Crippen MR) is 46.1 cm³/mol. The van der Waals surface area contributed by atoms with E-state index in [0.717, 1.165) is 12.8 Å². The Morgan fingerprint density at radius 2 is 1.67 bits per heavy atom. The standard InChI is InChI=1S/C8H14O2.2H2O/c9-8(10)6-7-4-2-1-3-5-7;;/h7H,1-6H2,(H,9,10);2*1H2. The van der Waals surface area contributed by atoms with Crippen LogP contribution in [-0.2, 0) is 4.79 Å². The molecule has 1 rings (SSSR count). The summed E-state index contributed by atoms with van der Waals surface area (Å²) in [6.45, 7) is 0. The van der Waals surface area contributed by atoms with E-state index in [2.05, 4.69) is 0 Å². The third kappa shape index (κ3) is 5.09. The minimum Gasteiger partial charge on any atom is -0.481 e. The first-order valence-electron chi connectivity index (χ1n) is 4.01. The maximum atomic E-state index is 10.3. The van der Waals surface area contributed by atoms with E-state index < -0.39 is 5.97 Å². The van der Waals surface area contributed by atoms with Crippen LogP contribution >= 0.6 is 0 Å². The van der Waals surface area contributed by atoms with Crippen LogP contribution in [0.1, 0.15) is 38.5 Å². The number of carboxylic acids is 1. The molecule has 12 heavy (non-hydrogen) atoms. The summed E-state index contributed by atoms with van der Waals surface area (Å²) < 4.78 is 0. The van der Waals surface area contributed by atoms with E-state index in [1.165, 1.54) is 19.3 Å². The Hall–Kier alpha value is -0.610. The first-order valence-corrected chi connectivity index (χ1v) is 4.01. The van der Waals surface area contributed by atoms with E-state index in [1.54, 1.807) is 0 Å². The molecular weight excluding hydrogens is 160 g/mol. The van der Waals surface area contributed by atoms with Crippen LogP contribution in [-0.4, -0.2) is 22.0 Å². The van der Waals surface area contributed by atoms with Gasteiger partial charge in [-0.05, 0) is 18.8 Å². The molecule has 0 spiro atoms. The smallest absolute Gasteiger partial charge is 0.303 e. The molecule has 1 aliphatic rings. The van der Waals surface area contributed by atoms with Gasteiger partial charge in [0.15, 0.2) is 0 Å². The molecule has 0 amide bonds. The van der Waals surface area contributed by atoms with Crippen LogP contribution in [0.5, 0.6) is 0 Å². The highest BCUT2D eigenvalue weighted by molar-refractivity contribution is 5.66. The zero-order valence-electron chi connectivity index (χ0n) is 7.18. The monoisotopic (exact) mass is 178 g/mol. The van der Waals surface area contributed by atoms with Gasteiger partial charge >= 0.3 is 5.97 Å². The molecule has 1 saturated carbocycles. The number of hydrogen-bond acceptors (Lipinski definition) is 1. The molecule has 0 atom stereocenters. The van der Waals surface area contributed by atoms with Crippen molar-refractivity contribution >= 4 is 5.97 Å². The van der Waals surface area contributed by atoms with Crippen molar-refractivity contribution < 1.29 is 20.9 Å². The number of carboxylic acid groups (broad SMARTS) is 1. The molecule has 0 unspecified atom stereocenters. The lowest BCUT2D eigenvalue weighted by atomic mass is 9.87. The Morgan fingerprint density at radius 3 is 2.08 bits per heavy atom. The number of aliphatic carboxylic acids is 1. The fourth-order valence-corrected chi connectivity index (χ4v) is 1.64. The highest BCUT2D eigenvalue weighted by Gasteiger charge is 2.15. The van der Waals surface area contributed by atoms with Crippen molar-refractivity contribution in [3.63, 3.8) is 0 Å². The summed E-state index contributed by atoms with van der Waals surface area (Å²) in [6.07, 6.45) is 6.42. The van der Waals surface area contributed by atoms with Crippen molar-refractivity contribution in [3.05, 3.63) is 0 Å². The molecule has 4 nitrogen and oxygen atoms in total. The van der Waals surface area contributed by atoms with Crippen LogP contribution in [0.25, 0.3) is 0 Å². The minimum atomic E-state index is -0.632. The largest absolute Gasteiger partial charge is 0.481 e. The van der Waals surface area contributed by atoms with E-state index in [0.29, 0.717) is 12.3 Å². The third-order valence-electron chi connectivity index (χ3n) is 2.19. The zero-order chi connectivity index (χ0) is 7.40. The van der Waals surface area contributed by atoms with Crippen LogP contribution in [0.3, 0.4) is 0 Å². The molecule has 0 aromatic carbocycles. The first kappa shape index (κ1) is 13.9. The summed E-state index contributed by atoms with van der Waals surface area (Å²) in [5, 5.41) is 8.47. The molecule has 74 valence electrons. The molecule has 1 fully saturated rings. The van der Waals surface area contributed by atoms with E-state index in [-0.39, 0.29) is 11.0 Å². The fourth-order valence-electron chi connectivity index (χ4n) is 1.64. The first-order chi connectivity index (χ1) is 4.79. The van der Waals surface area contributed by atoms with Crippen molar-refractivity contribution in [1.82, 2.24) is 0 Å². The number of hydrogen-bond donors (Lipinski definition) is 1. The summed E-state index contributed by atoms with van der Waals surface area (Å²) >= 11 is 0. The molecule has 0 saturated heterocycles. The second-order valence-corrected chi connectivity index (χ2v) is 3.10. The third-order valence-corrected chi connectivity index (χ3v) is 2.19. The van der Waals surface area contributed by atoms with Gasteiger partial charge < -0.3 is 16.1 Å². The molecule has 0 radical (unpaired) electrons. The molecule has 0 aromatic heterocycles. The molecule has 0 bridgehead atoms. The van der Waals surface area contributed by atoms with Gasteiger partial charge in [0.05, 0.1) is 0 Å². The van der Waals surface area contributed by atoms with Crippen LogP contribution < -0.4 is 0 Å². The molecule has 0 heterocycles. The van der Waals surface area contributed by atoms with E-state index in [4.69, 9.17) is 5.11 Å². The van der Waals surface area contributed by atoms with Gasteiger partial charge in [-0.2, -0.15) is 0 Å². The maximum absolute atomic E-state index is 10.3. The predicted octanol–water partition coefficient (Wildman–Crippen LogP) is 0.392. The second kappa shape index (κ2) is 7.06. The van der Waals surface area contributed by atoms with E-state index >= 15 is 0 Å². The van der Waals surface area contributed by atoms with Gasteiger partial charge in [0.2, 0.25) is 0 Å². The quantitative estimate of drug-likeness (QED) is 0.661. The molecular formula is C8H18O4. The lowest BCUT2D eigenvalue weighted by Gasteiger charge is -2.18.